The zero-order valence-corrected chi connectivity index (χ0v) is 13.1. The number of hydrogen-bond acceptors (Lipinski definition) is 3. The second kappa shape index (κ2) is 6.19. The van der Waals surface area contributed by atoms with Crippen molar-refractivity contribution in [2.24, 2.45) is 0 Å². The molecular formula is C15H18ClN3S. The minimum Gasteiger partial charge on any atom is -0.294 e. The number of nitrogens with zero attached hydrogens (tertiary/aromatic N) is 3. The standard InChI is InChI=1S/C15H18ClN3S/c1-2-20-13-10-6-9-12(13)19-14(17-18-15(19)16)11-7-4-3-5-8-11/h3-5,7-8,12-13H,2,6,9-10H2,1H3. The average Bonchev–Trinajstić information content (AvgIpc) is 3.06. The number of hydrogen-bond donors (Lipinski definition) is 0. The quantitative estimate of drug-likeness (QED) is 0.836. The first-order valence-corrected chi connectivity index (χ1v) is 8.51. The molecule has 3 nitrogen and oxygen atoms in total. The van der Waals surface area contributed by atoms with Crippen LogP contribution >= 0.6 is 23.4 Å². The summed E-state index contributed by atoms with van der Waals surface area (Å²) in [6.07, 6.45) is 3.67. The summed E-state index contributed by atoms with van der Waals surface area (Å²) in [5.74, 6) is 2.03. The third kappa shape index (κ3) is 2.59. The highest BCUT2D eigenvalue weighted by atomic mass is 35.5. The SMILES string of the molecule is CCSC1CCCC1n1c(Cl)nnc1-c1ccccc1. The molecule has 20 heavy (non-hydrogen) atoms. The van der Waals surface area contributed by atoms with Crippen molar-refractivity contribution in [3.05, 3.63) is 35.6 Å². The van der Waals surface area contributed by atoms with E-state index in [-0.39, 0.29) is 0 Å². The lowest BCUT2D eigenvalue weighted by molar-refractivity contribution is 0.532. The molecule has 0 N–H and O–H groups in total. The first-order chi connectivity index (χ1) is 9.81. The highest BCUT2D eigenvalue weighted by Gasteiger charge is 2.32. The predicted octanol–water partition coefficient (Wildman–Crippen LogP) is 4.45. The van der Waals surface area contributed by atoms with Gasteiger partial charge >= 0.3 is 0 Å². The van der Waals surface area contributed by atoms with Gasteiger partial charge in [-0.1, -0.05) is 43.7 Å². The molecule has 1 fully saturated rings. The molecule has 0 amide bonds. The summed E-state index contributed by atoms with van der Waals surface area (Å²) < 4.78 is 2.14. The maximum absolute atomic E-state index is 6.32. The van der Waals surface area contributed by atoms with Crippen molar-refractivity contribution < 1.29 is 0 Å². The van der Waals surface area contributed by atoms with E-state index in [2.05, 4.69) is 33.8 Å². The Kier molecular flexibility index (Phi) is 4.32. The molecule has 0 bridgehead atoms. The van der Waals surface area contributed by atoms with Gasteiger partial charge in [0.25, 0.3) is 0 Å². The third-order valence-electron chi connectivity index (χ3n) is 3.82. The largest absolute Gasteiger partial charge is 0.294 e. The van der Waals surface area contributed by atoms with E-state index in [9.17, 15) is 0 Å². The van der Waals surface area contributed by atoms with Crippen LogP contribution < -0.4 is 0 Å². The van der Waals surface area contributed by atoms with Gasteiger partial charge in [-0.25, -0.2) is 0 Å². The summed E-state index contributed by atoms with van der Waals surface area (Å²) in [5, 5.41) is 9.53. The van der Waals surface area contributed by atoms with E-state index < -0.39 is 0 Å². The second-order valence-electron chi connectivity index (χ2n) is 5.02. The average molecular weight is 308 g/mol. The van der Waals surface area contributed by atoms with E-state index in [0.29, 0.717) is 16.6 Å². The molecule has 0 aliphatic heterocycles. The van der Waals surface area contributed by atoms with Crippen molar-refractivity contribution in [3.8, 4) is 11.4 Å². The predicted molar refractivity (Wildman–Crippen MR) is 85.3 cm³/mol. The number of halogens is 1. The molecule has 1 saturated carbocycles. The van der Waals surface area contributed by atoms with Crippen LogP contribution in [0.1, 0.15) is 32.2 Å². The molecule has 3 rings (SSSR count). The van der Waals surface area contributed by atoms with E-state index in [1.54, 1.807) is 0 Å². The van der Waals surface area contributed by atoms with Gasteiger partial charge in [-0.3, -0.25) is 4.57 Å². The van der Waals surface area contributed by atoms with Crippen molar-refractivity contribution in [2.45, 2.75) is 37.5 Å². The van der Waals surface area contributed by atoms with Crippen LogP contribution in [0.2, 0.25) is 5.28 Å². The Bertz CT molecular complexity index is 570. The Morgan fingerprint density at radius 3 is 2.80 bits per heavy atom. The van der Waals surface area contributed by atoms with Crippen molar-refractivity contribution in [1.29, 1.82) is 0 Å². The molecule has 106 valence electrons. The first kappa shape index (κ1) is 14.0. The van der Waals surface area contributed by atoms with Gasteiger partial charge in [0, 0.05) is 16.9 Å². The van der Waals surface area contributed by atoms with Crippen LogP contribution in [0.4, 0.5) is 0 Å². The number of thioether (sulfide) groups is 1. The van der Waals surface area contributed by atoms with Crippen molar-refractivity contribution in [2.75, 3.05) is 5.75 Å². The summed E-state index contributed by atoms with van der Waals surface area (Å²) in [7, 11) is 0. The van der Waals surface area contributed by atoms with E-state index in [0.717, 1.165) is 23.6 Å². The van der Waals surface area contributed by atoms with Gasteiger partial charge in [-0.05, 0) is 30.2 Å². The smallest absolute Gasteiger partial charge is 0.225 e. The monoisotopic (exact) mass is 307 g/mol. The zero-order valence-electron chi connectivity index (χ0n) is 11.5. The van der Waals surface area contributed by atoms with Crippen molar-refractivity contribution >= 4 is 23.4 Å². The maximum Gasteiger partial charge on any atom is 0.225 e. The fraction of sp³-hybridized carbons (Fsp3) is 0.467. The Hall–Kier alpha value is -1.00. The fourth-order valence-corrected chi connectivity index (χ4v) is 4.45. The summed E-state index contributed by atoms with van der Waals surface area (Å²) >= 11 is 8.34. The molecular weight excluding hydrogens is 290 g/mol. The maximum atomic E-state index is 6.32. The van der Waals surface area contributed by atoms with E-state index in [1.165, 1.54) is 12.8 Å². The molecule has 1 aromatic carbocycles. The van der Waals surface area contributed by atoms with Crippen LogP contribution in [0.15, 0.2) is 30.3 Å². The van der Waals surface area contributed by atoms with Gasteiger partial charge in [0.2, 0.25) is 5.28 Å². The van der Waals surface area contributed by atoms with E-state index >= 15 is 0 Å². The molecule has 1 aliphatic carbocycles. The van der Waals surface area contributed by atoms with Crippen LogP contribution in [0.3, 0.4) is 0 Å². The summed E-state index contributed by atoms with van der Waals surface area (Å²) in [5.41, 5.74) is 1.08. The highest BCUT2D eigenvalue weighted by molar-refractivity contribution is 7.99. The molecule has 2 atom stereocenters. The van der Waals surface area contributed by atoms with E-state index in [1.807, 2.05) is 30.0 Å². The van der Waals surface area contributed by atoms with Crippen LogP contribution in [-0.4, -0.2) is 25.8 Å². The number of benzene rings is 1. The van der Waals surface area contributed by atoms with Gasteiger partial charge in [-0.2, -0.15) is 11.8 Å². The Morgan fingerprint density at radius 1 is 1.25 bits per heavy atom. The summed E-state index contributed by atoms with van der Waals surface area (Å²) in [4.78, 5) is 0. The third-order valence-corrected chi connectivity index (χ3v) is 5.39. The minimum absolute atomic E-state index is 0.414. The fourth-order valence-electron chi connectivity index (χ4n) is 2.96. The lowest BCUT2D eigenvalue weighted by Gasteiger charge is -2.22. The zero-order chi connectivity index (χ0) is 13.9. The summed E-state index contributed by atoms with van der Waals surface area (Å²) in [6.45, 7) is 2.21. The van der Waals surface area contributed by atoms with Crippen LogP contribution in [0.25, 0.3) is 11.4 Å². The van der Waals surface area contributed by atoms with Crippen molar-refractivity contribution in [1.82, 2.24) is 14.8 Å². The lowest BCUT2D eigenvalue weighted by Crippen LogP contribution is -2.17. The molecule has 0 saturated heterocycles. The molecule has 5 heteroatoms. The van der Waals surface area contributed by atoms with Gasteiger partial charge < -0.3 is 0 Å². The second-order valence-corrected chi connectivity index (χ2v) is 6.87. The molecule has 1 aromatic heterocycles. The van der Waals surface area contributed by atoms with Crippen molar-refractivity contribution in [3.63, 3.8) is 0 Å². The molecule has 1 aliphatic rings. The van der Waals surface area contributed by atoms with Gasteiger partial charge in [0.15, 0.2) is 5.82 Å². The highest BCUT2D eigenvalue weighted by Crippen LogP contribution is 2.41. The van der Waals surface area contributed by atoms with E-state index in [4.69, 9.17) is 11.6 Å². The topological polar surface area (TPSA) is 30.7 Å². The van der Waals surface area contributed by atoms with Gasteiger partial charge in [0.05, 0.1) is 0 Å². The molecule has 1 heterocycles. The normalized spacial score (nSPS) is 22.3. The molecule has 0 radical (unpaired) electrons. The van der Waals surface area contributed by atoms with Crippen LogP contribution in [-0.2, 0) is 0 Å². The first-order valence-electron chi connectivity index (χ1n) is 7.08. The van der Waals surface area contributed by atoms with Gasteiger partial charge in [0.1, 0.15) is 0 Å². The number of rotatable bonds is 4. The summed E-state index contributed by atoms with van der Waals surface area (Å²) in [6, 6.07) is 10.6. The van der Waals surface area contributed by atoms with Crippen LogP contribution in [0.5, 0.6) is 0 Å². The number of aromatic nitrogens is 3. The Morgan fingerprint density at radius 2 is 2.05 bits per heavy atom. The molecule has 0 spiro atoms. The Labute approximate surface area is 128 Å². The molecule has 2 aromatic rings. The molecule has 2 unspecified atom stereocenters. The Balaban J connectivity index is 1.99. The van der Waals surface area contributed by atoms with Gasteiger partial charge in [-0.15, -0.1) is 10.2 Å². The lowest BCUT2D eigenvalue weighted by atomic mass is 10.2. The minimum atomic E-state index is 0.414. The van der Waals surface area contributed by atoms with Crippen LogP contribution in [0, 0.1) is 0 Å².